The van der Waals surface area contributed by atoms with Crippen LogP contribution in [0.1, 0.15) is 32.5 Å². The molecular weight excluding hydrogens is 238 g/mol. The highest BCUT2D eigenvalue weighted by Crippen LogP contribution is 2.15. The molecule has 1 heterocycles. The van der Waals surface area contributed by atoms with E-state index in [1.807, 2.05) is 42.7 Å². The van der Waals surface area contributed by atoms with Gasteiger partial charge in [-0.2, -0.15) is 0 Å². The lowest BCUT2D eigenvalue weighted by atomic mass is 10.2. The predicted molar refractivity (Wildman–Crippen MR) is 77.0 cm³/mol. The Hall–Kier alpha value is -1.84. The van der Waals surface area contributed by atoms with E-state index < -0.39 is 0 Å². The molecule has 0 saturated carbocycles. The quantitative estimate of drug-likeness (QED) is 0.897. The summed E-state index contributed by atoms with van der Waals surface area (Å²) in [6.07, 6.45) is 2.09. The van der Waals surface area contributed by atoms with Crippen molar-refractivity contribution in [3.8, 4) is 0 Å². The van der Waals surface area contributed by atoms with Gasteiger partial charge in [0.05, 0.1) is 11.0 Å². The van der Waals surface area contributed by atoms with E-state index in [1.165, 1.54) is 0 Å². The van der Waals surface area contributed by atoms with E-state index in [2.05, 4.69) is 17.2 Å². The summed E-state index contributed by atoms with van der Waals surface area (Å²) in [6, 6.07) is 8.13. The predicted octanol–water partition coefficient (Wildman–Crippen LogP) is 2.65. The molecule has 102 valence electrons. The summed E-state index contributed by atoms with van der Waals surface area (Å²) < 4.78 is 1.96. The number of para-hydroxylation sites is 2. The van der Waals surface area contributed by atoms with Gasteiger partial charge in [-0.05, 0) is 32.4 Å². The molecule has 1 unspecified atom stereocenters. The van der Waals surface area contributed by atoms with Gasteiger partial charge in [-0.1, -0.05) is 25.5 Å². The normalized spacial score (nSPS) is 12.6. The van der Waals surface area contributed by atoms with Crippen molar-refractivity contribution >= 4 is 16.9 Å². The van der Waals surface area contributed by atoms with Crippen LogP contribution in [-0.4, -0.2) is 21.5 Å². The summed E-state index contributed by atoms with van der Waals surface area (Å²) in [5.41, 5.74) is 1.95. The molecule has 0 spiro atoms. The molecule has 0 aliphatic rings. The van der Waals surface area contributed by atoms with E-state index in [1.54, 1.807) is 0 Å². The SMILES string of the molecule is CCCC(C)NC(=O)Cn1c(C)nc2ccccc21. The minimum absolute atomic E-state index is 0.0483. The van der Waals surface area contributed by atoms with Crippen LogP contribution in [0.25, 0.3) is 11.0 Å². The first kappa shape index (κ1) is 13.6. The molecule has 1 amide bonds. The number of fused-ring (bicyclic) bond motifs is 1. The molecule has 1 aromatic heterocycles. The van der Waals surface area contributed by atoms with Crippen molar-refractivity contribution in [2.45, 2.75) is 46.2 Å². The smallest absolute Gasteiger partial charge is 0.240 e. The molecule has 0 radical (unpaired) electrons. The molecule has 4 heteroatoms. The topological polar surface area (TPSA) is 46.9 Å². The van der Waals surface area contributed by atoms with Gasteiger partial charge in [-0.15, -0.1) is 0 Å². The molecular formula is C15H21N3O. The minimum Gasteiger partial charge on any atom is -0.352 e. The fourth-order valence-corrected chi connectivity index (χ4v) is 2.36. The molecule has 4 nitrogen and oxygen atoms in total. The van der Waals surface area contributed by atoms with Gasteiger partial charge >= 0.3 is 0 Å². The van der Waals surface area contributed by atoms with Crippen molar-refractivity contribution in [3.05, 3.63) is 30.1 Å². The van der Waals surface area contributed by atoms with Gasteiger partial charge < -0.3 is 9.88 Å². The number of amides is 1. The standard InChI is InChI=1S/C15H21N3O/c1-4-7-11(2)16-15(19)10-18-12(3)17-13-8-5-6-9-14(13)18/h5-6,8-9,11H,4,7,10H2,1-3H3,(H,16,19). The lowest BCUT2D eigenvalue weighted by Crippen LogP contribution is -2.35. The van der Waals surface area contributed by atoms with Gasteiger partial charge in [0.1, 0.15) is 12.4 Å². The van der Waals surface area contributed by atoms with Crippen LogP contribution in [-0.2, 0) is 11.3 Å². The van der Waals surface area contributed by atoms with Crippen LogP contribution in [0.4, 0.5) is 0 Å². The molecule has 0 fully saturated rings. The number of nitrogens with one attached hydrogen (secondary N) is 1. The van der Waals surface area contributed by atoms with E-state index in [0.717, 1.165) is 29.7 Å². The average molecular weight is 259 g/mol. The van der Waals surface area contributed by atoms with Crippen LogP contribution < -0.4 is 5.32 Å². The van der Waals surface area contributed by atoms with E-state index >= 15 is 0 Å². The third-order valence-electron chi connectivity index (χ3n) is 3.28. The van der Waals surface area contributed by atoms with Crippen molar-refractivity contribution in [2.24, 2.45) is 0 Å². The first-order chi connectivity index (χ1) is 9.11. The van der Waals surface area contributed by atoms with Gasteiger partial charge in [0.2, 0.25) is 5.91 Å². The second-order valence-corrected chi connectivity index (χ2v) is 4.99. The van der Waals surface area contributed by atoms with Crippen molar-refractivity contribution in [1.29, 1.82) is 0 Å². The van der Waals surface area contributed by atoms with Crippen molar-refractivity contribution in [3.63, 3.8) is 0 Å². The molecule has 2 aromatic rings. The van der Waals surface area contributed by atoms with Gasteiger partial charge in [-0.3, -0.25) is 4.79 Å². The molecule has 0 saturated heterocycles. The van der Waals surface area contributed by atoms with Crippen molar-refractivity contribution in [2.75, 3.05) is 0 Å². The number of hydrogen-bond acceptors (Lipinski definition) is 2. The van der Waals surface area contributed by atoms with Gasteiger partial charge in [0, 0.05) is 6.04 Å². The number of hydrogen-bond donors (Lipinski definition) is 1. The number of aromatic nitrogens is 2. The van der Waals surface area contributed by atoms with E-state index in [4.69, 9.17) is 0 Å². The van der Waals surface area contributed by atoms with Gasteiger partial charge in [0.25, 0.3) is 0 Å². The van der Waals surface area contributed by atoms with Crippen LogP contribution >= 0.6 is 0 Å². The third kappa shape index (κ3) is 3.13. The molecule has 1 N–H and O–H groups in total. The zero-order valence-electron chi connectivity index (χ0n) is 11.8. The first-order valence-electron chi connectivity index (χ1n) is 6.83. The maximum atomic E-state index is 12.0. The monoisotopic (exact) mass is 259 g/mol. The maximum Gasteiger partial charge on any atom is 0.240 e. The van der Waals surface area contributed by atoms with Crippen LogP contribution in [0.15, 0.2) is 24.3 Å². The summed E-state index contributed by atoms with van der Waals surface area (Å²) in [7, 11) is 0. The Morgan fingerprint density at radius 1 is 1.42 bits per heavy atom. The third-order valence-corrected chi connectivity index (χ3v) is 3.28. The Labute approximate surface area is 113 Å². The summed E-state index contributed by atoms with van der Waals surface area (Å²) in [6.45, 7) is 6.43. The fraction of sp³-hybridized carbons (Fsp3) is 0.467. The van der Waals surface area contributed by atoms with E-state index in [-0.39, 0.29) is 11.9 Å². The number of aryl methyl sites for hydroxylation is 1. The molecule has 19 heavy (non-hydrogen) atoms. The van der Waals surface area contributed by atoms with Crippen LogP contribution in [0, 0.1) is 6.92 Å². The van der Waals surface area contributed by atoms with Gasteiger partial charge in [-0.25, -0.2) is 4.98 Å². The molecule has 0 aliphatic carbocycles. The Morgan fingerprint density at radius 2 is 2.16 bits per heavy atom. The van der Waals surface area contributed by atoms with Crippen molar-refractivity contribution in [1.82, 2.24) is 14.9 Å². The lowest BCUT2D eigenvalue weighted by molar-refractivity contribution is -0.122. The maximum absolute atomic E-state index is 12.0. The molecule has 1 aromatic carbocycles. The number of benzene rings is 1. The second kappa shape index (κ2) is 5.87. The Bertz CT molecular complexity index is 574. The lowest BCUT2D eigenvalue weighted by Gasteiger charge is -2.13. The summed E-state index contributed by atoms with van der Waals surface area (Å²) >= 11 is 0. The van der Waals surface area contributed by atoms with E-state index in [0.29, 0.717) is 6.54 Å². The Balaban J connectivity index is 2.13. The first-order valence-corrected chi connectivity index (χ1v) is 6.83. The Kier molecular flexibility index (Phi) is 4.20. The van der Waals surface area contributed by atoms with Crippen LogP contribution in [0.3, 0.4) is 0 Å². The highest BCUT2D eigenvalue weighted by Gasteiger charge is 2.12. The number of carbonyl (C=O) groups is 1. The number of rotatable bonds is 5. The Morgan fingerprint density at radius 3 is 2.89 bits per heavy atom. The summed E-state index contributed by atoms with van der Waals surface area (Å²) in [5, 5.41) is 3.02. The zero-order chi connectivity index (χ0) is 13.8. The number of nitrogens with zero attached hydrogens (tertiary/aromatic N) is 2. The highest BCUT2D eigenvalue weighted by atomic mass is 16.2. The molecule has 0 aliphatic heterocycles. The second-order valence-electron chi connectivity index (χ2n) is 4.99. The fourth-order valence-electron chi connectivity index (χ4n) is 2.36. The largest absolute Gasteiger partial charge is 0.352 e. The number of imidazole rings is 1. The van der Waals surface area contributed by atoms with Crippen LogP contribution in [0.5, 0.6) is 0 Å². The molecule has 0 bridgehead atoms. The van der Waals surface area contributed by atoms with E-state index in [9.17, 15) is 4.79 Å². The summed E-state index contributed by atoms with van der Waals surface area (Å²) in [5.74, 6) is 0.923. The highest BCUT2D eigenvalue weighted by molar-refractivity contribution is 5.81. The average Bonchev–Trinajstić information content (AvgIpc) is 2.66. The molecule has 2 rings (SSSR count). The minimum atomic E-state index is 0.0483. The zero-order valence-corrected chi connectivity index (χ0v) is 11.8. The number of carbonyl (C=O) groups excluding carboxylic acids is 1. The van der Waals surface area contributed by atoms with Crippen molar-refractivity contribution < 1.29 is 4.79 Å². The molecule has 1 atom stereocenters. The summed E-state index contributed by atoms with van der Waals surface area (Å²) in [4.78, 5) is 16.5. The van der Waals surface area contributed by atoms with Crippen LogP contribution in [0.2, 0.25) is 0 Å². The van der Waals surface area contributed by atoms with Gasteiger partial charge in [0.15, 0.2) is 0 Å².